The molecule has 6 heteroatoms. The van der Waals surface area contributed by atoms with Gasteiger partial charge in [0.05, 0.1) is 16.4 Å². The lowest BCUT2D eigenvalue weighted by molar-refractivity contribution is 0.445. The Morgan fingerprint density at radius 3 is 2.59 bits per heavy atom. The Bertz CT molecular complexity index is 1200. The minimum absolute atomic E-state index is 0.0576. The summed E-state index contributed by atoms with van der Waals surface area (Å²) in [6, 6.07) is 12.1. The summed E-state index contributed by atoms with van der Waals surface area (Å²) in [4.78, 5) is 20.5. The van der Waals surface area contributed by atoms with Crippen LogP contribution in [0, 0.1) is 0 Å². The van der Waals surface area contributed by atoms with Crippen LogP contribution in [0.25, 0.3) is 32.9 Å². The second-order valence-corrected chi connectivity index (χ2v) is 7.28. The maximum Gasteiger partial charge on any atom is 0.258 e. The summed E-state index contributed by atoms with van der Waals surface area (Å²) < 4.78 is 1.81. The number of hydrogen-bond donors (Lipinski definition) is 2. The molecule has 0 amide bonds. The largest absolute Gasteiger partial charge is 0.317 e. The fourth-order valence-electron chi connectivity index (χ4n) is 3.95. The molecule has 0 spiro atoms. The molecule has 5 rings (SSSR count). The summed E-state index contributed by atoms with van der Waals surface area (Å²) in [7, 11) is 1.92. The zero-order valence-electron chi connectivity index (χ0n) is 15.2. The highest BCUT2D eigenvalue weighted by Crippen LogP contribution is 2.27. The smallest absolute Gasteiger partial charge is 0.258 e. The molecule has 1 aliphatic rings. The van der Waals surface area contributed by atoms with E-state index in [1.807, 2.05) is 48.3 Å². The Balaban J connectivity index is 1.58. The number of aromatic amines is 1. The van der Waals surface area contributed by atoms with Crippen LogP contribution in [0.15, 0.2) is 47.4 Å². The maximum absolute atomic E-state index is 12.7. The molecule has 0 atom stereocenters. The minimum Gasteiger partial charge on any atom is -0.317 e. The van der Waals surface area contributed by atoms with Crippen LogP contribution in [0.5, 0.6) is 0 Å². The van der Waals surface area contributed by atoms with Crippen LogP contribution in [-0.2, 0) is 7.05 Å². The number of rotatable bonds is 2. The van der Waals surface area contributed by atoms with Crippen LogP contribution in [0.3, 0.4) is 0 Å². The third-order valence-electron chi connectivity index (χ3n) is 5.40. The molecule has 1 fully saturated rings. The molecule has 0 bridgehead atoms. The number of aryl methyl sites for hydroxylation is 1. The molecule has 1 saturated heterocycles. The Morgan fingerprint density at radius 1 is 1.04 bits per heavy atom. The van der Waals surface area contributed by atoms with E-state index in [-0.39, 0.29) is 5.56 Å². The number of nitrogens with zero attached hydrogens (tertiary/aromatic N) is 3. The van der Waals surface area contributed by atoms with Gasteiger partial charge in [-0.3, -0.25) is 9.48 Å². The van der Waals surface area contributed by atoms with E-state index < -0.39 is 0 Å². The first-order chi connectivity index (χ1) is 13.2. The summed E-state index contributed by atoms with van der Waals surface area (Å²) >= 11 is 0. The first-order valence-electron chi connectivity index (χ1n) is 9.36. The van der Waals surface area contributed by atoms with Gasteiger partial charge >= 0.3 is 0 Å². The van der Waals surface area contributed by atoms with Crippen LogP contribution in [0.2, 0.25) is 0 Å². The summed E-state index contributed by atoms with van der Waals surface area (Å²) in [5.41, 5.74) is 3.75. The fraction of sp³-hybridized carbons (Fsp3) is 0.286. The molecule has 0 aliphatic carbocycles. The van der Waals surface area contributed by atoms with Gasteiger partial charge in [-0.25, -0.2) is 4.98 Å². The summed E-state index contributed by atoms with van der Waals surface area (Å²) in [5, 5.41) is 9.49. The van der Waals surface area contributed by atoms with Gasteiger partial charge in [0, 0.05) is 24.5 Å². The van der Waals surface area contributed by atoms with Gasteiger partial charge in [0.2, 0.25) is 0 Å². The number of nitrogens with one attached hydrogen (secondary N) is 2. The van der Waals surface area contributed by atoms with Gasteiger partial charge in [-0.2, -0.15) is 5.10 Å². The monoisotopic (exact) mass is 359 g/mol. The SMILES string of the molecule is Cn1cc2cc(-c3ccc4nc(C5CCNCC5)[nH]c(=O)c4c3)ccc2n1. The summed E-state index contributed by atoms with van der Waals surface area (Å²) in [6.07, 6.45) is 4.02. The van der Waals surface area contributed by atoms with Crippen molar-refractivity contribution in [2.75, 3.05) is 13.1 Å². The number of piperidine rings is 1. The first kappa shape index (κ1) is 16.2. The van der Waals surface area contributed by atoms with E-state index in [1.54, 1.807) is 0 Å². The van der Waals surface area contributed by atoms with Crippen LogP contribution in [-0.4, -0.2) is 32.8 Å². The molecule has 0 saturated carbocycles. The normalized spacial score (nSPS) is 15.6. The second kappa shape index (κ2) is 6.32. The van der Waals surface area contributed by atoms with Crippen molar-refractivity contribution < 1.29 is 0 Å². The van der Waals surface area contributed by atoms with Crippen LogP contribution < -0.4 is 10.9 Å². The van der Waals surface area contributed by atoms with E-state index in [1.165, 1.54) is 0 Å². The average molecular weight is 359 g/mol. The predicted octanol–water partition coefficient (Wildman–Crippen LogP) is 2.94. The van der Waals surface area contributed by atoms with Crippen molar-refractivity contribution in [3.63, 3.8) is 0 Å². The minimum atomic E-state index is -0.0576. The average Bonchev–Trinajstić information content (AvgIpc) is 3.07. The van der Waals surface area contributed by atoms with Gasteiger partial charge < -0.3 is 10.3 Å². The van der Waals surface area contributed by atoms with Crippen molar-refractivity contribution in [3.8, 4) is 11.1 Å². The number of fused-ring (bicyclic) bond motifs is 2. The number of hydrogen-bond acceptors (Lipinski definition) is 4. The Labute approximate surface area is 156 Å². The lowest BCUT2D eigenvalue weighted by Gasteiger charge is -2.21. The Morgan fingerprint density at radius 2 is 1.78 bits per heavy atom. The van der Waals surface area contributed by atoms with Crippen molar-refractivity contribution in [3.05, 3.63) is 58.8 Å². The Kier molecular flexibility index (Phi) is 3.79. The molecule has 0 radical (unpaired) electrons. The van der Waals surface area contributed by atoms with Gasteiger partial charge in [0.25, 0.3) is 5.56 Å². The predicted molar refractivity (Wildman–Crippen MR) is 107 cm³/mol. The fourth-order valence-corrected chi connectivity index (χ4v) is 3.95. The van der Waals surface area contributed by atoms with Gasteiger partial charge in [0.15, 0.2) is 0 Å². The molecule has 2 N–H and O–H groups in total. The highest BCUT2D eigenvalue weighted by Gasteiger charge is 2.18. The number of H-pyrrole nitrogens is 1. The molecular weight excluding hydrogens is 338 g/mol. The first-order valence-corrected chi connectivity index (χ1v) is 9.36. The third-order valence-corrected chi connectivity index (χ3v) is 5.40. The number of benzene rings is 2. The topological polar surface area (TPSA) is 75.6 Å². The molecule has 2 aromatic heterocycles. The van der Waals surface area contributed by atoms with E-state index >= 15 is 0 Å². The summed E-state index contributed by atoms with van der Waals surface area (Å²) in [5.74, 6) is 1.15. The van der Waals surface area contributed by atoms with E-state index in [0.717, 1.165) is 59.3 Å². The van der Waals surface area contributed by atoms with Crippen LogP contribution in [0.1, 0.15) is 24.6 Å². The lowest BCUT2D eigenvalue weighted by atomic mass is 9.97. The molecule has 1 aliphatic heterocycles. The van der Waals surface area contributed by atoms with Crippen molar-refractivity contribution in [2.24, 2.45) is 7.05 Å². The molecule has 0 unspecified atom stereocenters. The molecule has 2 aromatic carbocycles. The quantitative estimate of drug-likeness (QED) is 0.577. The van der Waals surface area contributed by atoms with Crippen molar-refractivity contribution >= 4 is 21.8 Å². The van der Waals surface area contributed by atoms with E-state index in [9.17, 15) is 4.79 Å². The maximum atomic E-state index is 12.7. The Hall–Kier alpha value is -2.99. The van der Waals surface area contributed by atoms with Gasteiger partial charge in [-0.1, -0.05) is 12.1 Å². The zero-order valence-corrected chi connectivity index (χ0v) is 15.2. The van der Waals surface area contributed by atoms with Crippen molar-refractivity contribution in [1.29, 1.82) is 0 Å². The van der Waals surface area contributed by atoms with E-state index in [0.29, 0.717) is 11.3 Å². The van der Waals surface area contributed by atoms with Crippen molar-refractivity contribution in [1.82, 2.24) is 25.1 Å². The zero-order chi connectivity index (χ0) is 18.4. The highest BCUT2D eigenvalue weighted by atomic mass is 16.1. The molecule has 3 heterocycles. The van der Waals surface area contributed by atoms with Gasteiger partial charge in [-0.05, 0) is 61.3 Å². The van der Waals surface area contributed by atoms with Gasteiger partial charge in [0.1, 0.15) is 5.82 Å². The molecule has 27 heavy (non-hydrogen) atoms. The van der Waals surface area contributed by atoms with Gasteiger partial charge in [-0.15, -0.1) is 0 Å². The summed E-state index contributed by atoms with van der Waals surface area (Å²) in [6.45, 7) is 1.95. The lowest BCUT2D eigenvalue weighted by Crippen LogP contribution is -2.28. The van der Waals surface area contributed by atoms with Crippen molar-refractivity contribution in [2.45, 2.75) is 18.8 Å². The van der Waals surface area contributed by atoms with E-state index in [2.05, 4.69) is 21.5 Å². The number of aromatic nitrogens is 4. The molecule has 136 valence electrons. The van der Waals surface area contributed by atoms with E-state index in [4.69, 9.17) is 4.98 Å². The van der Waals surface area contributed by atoms with Crippen LogP contribution in [0.4, 0.5) is 0 Å². The molecular formula is C21H21N5O. The standard InChI is InChI=1S/C21H21N5O/c1-26-12-16-10-14(2-4-18(16)25-26)15-3-5-19-17(11-15)21(27)24-20(23-19)13-6-8-22-9-7-13/h2-5,10-13,22H,6-9H2,1H3,(H,23,24,27). The molecule has 6 nitrogen and oxygen atoms in total. The second-order valence-electron chi connectivity index (χ2n) is 7.28. The molecule has 4 aromatic rings. The third kappa shape index (κ3) is 2.92. The highest BCUT2D eigenvalue weighted by molar-refractivity contribution is 5.88. The van der Waals surface area contributed by atoms with Crippen LogP contribution >= 0.6 is 0 Å².